The summed E-state index contributed by atoms with van der Waals surface area (Å²) >= 11 is 0. The summed E-state index contributed by atoms with van der Waals surface area (Å²) in [5.41, 5.74) is 3.38. The van der Waals surface area contributed by atoms with E-state index in [4.69, 9.17) is 0 Å². The summed E-state index contributed by atoms with van der Waals surface area (Å²) in [4.78, 5) is 16.2. The number of aromatic nitrogens is 1. The molecule has 6 nitrogen and oxygen atoms in total. The third-order valence-corrected chi connectivity index (χ3v) is 5.60. The molecular formula is C20H19N3O3S. The largest absolute Gasteiger partial charge is 0.322 e. The Kier molecular flexibility index (Phi) is 5.23. The molecule has 3 aromatic rings. The van der Waals surface area contributed by atoms with Crippen LogP contribution in [0.25, 0.3) is 0 Å². The van der Waals surface area contributed by atoms with Gasteiger partial charge in [-0.25, -0.2) is 8.42 Å². The highest BCUT2D eigenvalue weighted by molar-refractivity contribution is 7.92. The predicted octanol–water partition coefficient (Wildman–Crippen LogP) is 3.75. The lowest BCUT2D eigenvalue weighted by molar-refractivity contribution is 0.102. The van der Waals surface area contributed by atoms with Gasteiger partial charge in [0.25, 0.3) is 15.9 Å². The molecule has 1 aromatic heterocycles. The SMILES string of the molecule is Cc1cccc(NS(=O)(=O)c2ccc(C(=O)Nc3ccncc3)cc2)c1C. The number of rotatable bonds is 5. The number of hydrogen-bond donors (Lipinski definition) is 2. The van der Waals surface area contributed by atoms with Gasteiger partial charge in [-0.3, -0.25) is 14.5 Å². The van der Waals surface area contributed by atoms with Crippen LogP contribution in [0.3, 0.4) is 0 Å². The summed E-state index contributed by atoms with van der Waals surface area (Å²) in [5, 5.41) is 2.73. The summed E-state index contributed by atoms with van der Waals surface area (Å²) in [5.74, 6) is -0.326. The molecule has 1 amide bonds. The van der Waals surface area contributed by atoms with Crippen molar-refractivity contribution in [3.8, 4) is 0 Å². The predicted molar refractivity (Wildman–Crippen MR) is 105 cm³/mol. The zero-order valence-electron chi connectivity index (χ0n) is 14.9. The minimum Gasteiger partial charge on any atom is -0.322 e. The van der Waals surface area contributed by atoms with Gasteiger partial charge in [0.15, 0.2) is 0 Å². The first-order valence-electron chi connectivity index (χ1n) is 8.27. The maximum absolute atomic E-state index is 12.6. The highest BCUT2D eigenvalue weighted by Crippen LogP contribution is 2.22. The number of amides is 1. The topological polar surface area (TPSA) is 88.2 Å². The van der Waals surface area contributed by atoms with Gasteiger partial charge in [0.1, 0.15) is 0 Å². The molecule has 0 aliphatic heterocycles. The lowest BCUT2D eigenvalue weighted by atomic mass is 10.1. The van der Waals surface area contributed by atoms with E-state index in [1.807, 2.05) is 19.9 Å². The van der Waals surface area contributed by atoms with E-state index in [-0.39, 0.29) is 10.8 Å². The maximum Gasteiger partial charge on any atom is 0.261 e. The summed E-state index contributed by atoms with van der Waals surface area (Å²) in [6.45, 7) is 3.78. The summed E-state index contributed by atoms with van der Waals surface area (Å²) in [6.07, 6.45) is 3.15. The number of benzene rings is 2. The first-order valence-corrected chi connectivity index (χ1v) is 9.75. The number of aryl methyl sites for hydroxylation is 1. The number of pyridine rings is 1. The van der Waals surface area contributed by atoms with E-state index < -0.39 is 10.0 Å². The van der Waals surface area contributed by atoms with Crippen molar-refractivity contribution in [2.45, 2.75) is 18.7 Å². The van der Waals surface area contributed by atoms with Crippen molar-refractivity contribution in [1.82, 2.24) is 4.98 Å². The number of nitrogens with zero attached hydrogens (tertiary/aromatic N) is 1. The van der Waals surface area contributed by atoms with Crippen LogP contribution in [-0.2, 0) is 10.0 Å². The lowest BCUT2D eigenvalue weighted by Crippen LogP contribution is -2.15. The highest BCUT2D eigenvalue weighted by atomic mass is 32.2. The third kappa shape index (κ3) is 4.32. The Morgan fingerprint density at radius 2 is 1.59 bits per heavy atom. The zero-order chi connectivity index (χ0) is 19.4. The number of sulfonamides is 1. The van der Waals surface area contributed by atoms with E-state index in [9.17, 15) is 13.2 Å². The molecule has 138 valence electrons. The van der Waals surface area contributed by atoms with Crippen molar-refractivity contribution in [2.75, 3.05) is 10.0 Å². The van der Waals surface area contributed by atoms with Gasteiger partial charge in [-0.2, -0.15) is 0 Å². The Morgan fingerprint density at radius 1 is 0.926 bits per heavy atom. The van der Waals surface area contributed by atoms with Crippen LogP contribution in [0.5, 0.6) is 0 Å². The second kappa shape index (κ2) is 7.59. The van der Waals surface area contributed by atoms with Gasteiger partial charge >= 0.3 is 0 Å². The molecule has 1 heterocycles. The molecule has 0 spiro atoms. The number of anilines is 2. The Balaban J connectivity index is 1.77. The first kappa shape index (κ1) is 18.6. The van der Waals surface area contributed by atoms with Crippen molar-refractivity contribution in [1.29, 1.82) is 0 Å². The molecule has 2 aromatic carbocycles. The third-order valence-electron chi connectivity index (χ3n) is 4.21. The number of nitrogens with one attached hydrogen (secondary N) is 2. The van der Waals surface area contributed by atoms with Gasteiger partial charge < -0.3 is 5.32 Å². The van der Waals surface area contributed by atoms with Crippen molar-refractivity contribution >= 4 is 27.3 Å². The zero-order valence-corrected chi connectivity index (χ0v) is 15.7. The van der Waals surface area contributed by atoms with E-state index in [2.05, 4.69) is 15.0 Å². The Morgan fingerprint density at radius 3 is 2.26 bits per heavy atom. The van der Waals surface area contributed by atoms with Crippen LogP contribution in [0.1, 0.15) is 21.5 Å². The molecule has 0 saturated heterocycles. The number of carbonyl (C=O) groups excluding carboxylic acids is 1. The molecule has 0 radical (unpaired) electrons. The fourth-order valence-corrected chi connectivity index (χ4v) is 3.61. The minimum atomic E-state index is -3.74. The fraction of sp³-hybridized carbons (Fsp3) is 0.100. The van der Waals surface area contributed by atoms with E-state index in [0.29, 0.717) is 16.9 Å². The second-order valence-corrected chi connectivity index (χ2v) is 7.75. The van der Waals surface area contributed by atoms with Crippen LogP contribution < -0.4 is 10.0 Å². The molecule has 7 heteroatoms. The molecule has 3 rings (SSSR count). The molecule has 0 unspecified atom stereocenters. The summed E-state index contributed by atoms with van der Waals surface area (Å²) < 4.78 is 27.8. The Hall–Kier alpha value is -3.19. The van der Waals surface area contributed by atoms with Crippen molar-refractivity contribution in [2.24, 2.45) is 0 Å². The van der Waals surface area contributed by atoms with Crippen LogP contribution in [0.2, 0.25) is 0 Å². The molecule has 0 aliphatic carbocycles. The molecule has 0 fully saturated rings. The molecule has 0 bridgehead atoms. The molecule has 27 heavy (non-hydrogen) atoms. The van der Waals surface area contributed by atoms with Gasteiger partial charge in [-0.1, -0.05) is 12.1 Å². The van der Waals surface area contributed by atoms with E-state index >= 15 is 0 Å². The molecule has 0 aliphatic rings. The van der Waals surface area contributed by atoms with Gasteiger partial charge in [0.05, 0.1) is 10.6 Å². The van der Waals surface area contributed by atoms with Crippen LogP contribution >= 0.6 is 0 Å². The normalized spacial score (nSPS) is 11.0. The van der Waals surface area contributed by atoms with Crippen LogP contribution in [0.15, 0.2) is 71.9 Å². The Labute approximate surface area is 158 Å². The van der Waals surface area contributed by atoms with Crippen molar-refractivity contribution < 1.29 is 13.2 Å². The maximum atomic E-state index is 12.6. The standard InChI is InChI=1S/C20H19N3O3S/c1-14-4-3-5-19(15(14)2)23-27(25,26)18-8-6-16(7-9-18)20(24)22-17-10-12-21-13-11-17/h3-13,23H,1-2H3,(H,21,22,24). The average molecular weight is 381 g/mol. The smallest absolute Gasteiger partial charge is 0.261 e. The first-order chi connectivity index (χ1) is 12.9. The molecular weight excluding hydrogens is 362 g/mol. The quantitative estimate of drug-likeness (QED) is 0.704. The highest BCUT2D eigenvalue weighted by Gasteiger charge is 2.16. The van der Waals surface area contributed by atoms with E-state index in [1.54, 1.807) is 36.7 Å². The summed E-state index contributed by atoms with van der Waals surface area (Å²) in [7, 11) is -3.74. The number of hydrogen-bond acceptors (Lipinski definition) is 4. The number of carbonyl (C=O) groups is 1. The van der Waals surface area contributed by atoms with Crippen molar-refractivity contribution in [3.05, 3.63) is 83.7 Å². The second-order valence-electron chi connectivity index (χ2n) is 6.07. The summed E-state index contributed by atoms with van der Waals surface area (Å²) in [6, 6.07) is 14.6. The van der Waals surface area contributed by atoms with Gasteiger partial charge in [-0.15, -0.1) is 0 Å². The van der Waals surface area contributed by atoms with E-state index in [0.717, 1.165) is 11.1 Å². The average Bonchev–Trinajstić information content (AvgIpc) is 2.66. The van der Waals surface area contributed by atoms with Crippen LogP contribution in [0.4, 0.5) is 11.4 Å². The fourth-order valence-electron chi connectivity index (χ4n) is 2.49. The Bertz CT molecular complexity index is 1060. The van der Waals surface area contributed by atoms with Gasteiger partial charge in [-0.05, 0) is 67.4 Å². The van der Waals surface area contributed by atoms with Gasteiger partial charge in [0, 0.05) is 23.6 Å². The van der Waals surface area contributed by atoms with E-state index in [1.165, 1.54) is 24.3 Å². The van der Waals surface area contributed by atoms with Crippen LogP contribution in [0, 0.1) is 13.8 Å². The minimum absolute atomic E-state index is 0.0869. The monoisotopic (exact) mass is 381 g/mol. The molecule has 0 atom stereocenters. The van der Waals surface area contributed by atoms with Gasteiger partial charge in [0.2, 0.25) is 0 Å². The lowest BCUT2D eigenvalue weighted by Gasteiger charge is -2.12. The molecule has 0 saturated carbocycles. The van der Waals surface area contributed by atoms with Crippen molar-refractivity contribution in [3.63, 3.8) is 0 Å². The van der Waals surface area contributed by atoms with Crippen LogP contribution in [-0.4, -0.2) is 19.3 Å². The molecule has 2 N–H and O–H groups in total.